The summed E-state index contributed by atoms with van der Waals surface area (Å²) >= 11 is 1.45. The molecule has 0 aromatic carbocycles. The normalized spacial score (nSPS) is 15.6. The Morgan fingerprint density at radius 2 is 1.48 bits per heavy atom. The van der Waals surface area contributed by atoms with Crippen molar-refractivity contribution in [3.63, 3.8) is 0 Å². The maximum absolute atomic E-state index is 13.0. The average molecular weight is 490 g/mol. The van der Waals surface area contributed by atoms with Crippen molar-refractivity contribution in [2.24, 2.45) is 23.3 Å². The third-order valence-electron chi connectivity index (χ3n) is 5.35. The summed E-state index contributed by atoms with van der Waals surface area (Å²) in [5, 5.41) is 17.0. The van der Waals surface area contributed by atoms with E-state index in [9.17, 15) is 29.1 Å². The number of amides is 4. The minimum absolute atomic E-state index is 0.0714. The molecule has 0 saturated heterocycles. The van der Waals surface area contributed by atoms with Crippen molar-refractivity contribution in [1.29, 1.82) is 0 Å². The number of carbonyl (C=O) groups is 5. The molecule has 0 aliphatic rings. The number of rotatable bonds is 16. The number of carbonyl (C=O) groups excluding carboxylic acids is 4. The predicted molar refractivity (Wildman–Crippen MR) is 127 cm³/mol. The van der Waals surface area contributed by atoms with Gasteiger partial charge in [0.05, 0.1) is 6.04 Å². The molecule has 12 heteroatoms. The van der Waals surface area contributed by atoms with Crippen LogP contribution in [0.4, 0.5) is 0 Å². The SMILES string of the molecule is CCC(C)C(NC(=O)C(CCC(N)=O)NC(=O)C(N)C(C)C)C(=O)NC(CCSC)C(=O)O. The van der Waals surface area contributed by atoms with E-state index in [4.69, 9.17) is 11.5 Å². The fourth-order valence-corrected chi connectivity index (χ4v) is 3.31. The zero-order chi connectivity index (χ0) is 25.7. The van der Waals surface area contributed by atoms with Crippen LogP contribution < -0.4 is 27.4 Å². The monoisotopic (exact) mass is 489 g/mol. The van der Waals surface area contributed by atoms with Gasteiger partial charge in [0.25, 0.3) is 0 Å². The Bertz CT molecular complexity index is 690. The number of aliphatic carboxylic acids is 1. The largest absolute Gasteiger partial charge is 0.480 e. The topological polar surface area (TPSA) is 194 Å². The minimum atomic E-state index is -1.17. The molecule has 11 nitrogen and oxygen atoms in total. The zero-order valence-corrected chi connectivity index (χ0v) is 20.9. The smallest absolute Gasteiger partial charge is 0.326 e. The molecule has 0 fully saturated rings. The zero-order valence-electron chi connectivity index (χ0n) is 20.1. The highest BCUT2D eigenvalue weighted by Crippen LogP contribution is 2.11. The van der Waals surface area contributed by atoms with Crippen LogP contribution in [0.5, 0.6) is 0 Å². The van der Waals surface area contributed by atoms with Crippen LogP contribution in [0.1, 0.15) is 53.4 Å². The molecule has 0 radical (unpaired) electrons. The van der Waals surface area contributed by atoms with Crippen LogP contribution >= 0.6 is 11.8 Å². The molecule has 0 aliphatic carbocycles. The van der Waals surface area contributed by atoms with E-state index >= 15 is 0 Å². The second-order valence-corrected chi connectivity index (χ2v) is 9.37. The lowest BCUT2D eigenvalue weighted by molar-refractivity contribution is -0.142. The van der Waals surface area contributed by atoms with Crippen molar-refractivity contribution < 1.29 is 29.1 Å². The van der Waals surface area contributed by atoms with Gasteiger partial charge in [-0.3, -0.25) is 19.2 Å². The van der Waals surface area contributed by atoms with E-state index in [1.54, 1.807) is 20.8 Å². The molecule has 190 valence electrons. The van der Waals surface area contributed by atoms with E-state index in [-0.39, 0.29) is 31.1 Å². The third-order valence-corrected chi connectivity index (χ3v) is 6.00. The number of carboxylic acids is 1. The van der Waals surface area contributed by atoms with Gasteiger partial charge in [-0.25, -0.2) is 4.79 Å². The van der Waals surface area contributed by atoms with Crippen LogP contribution in [0.25, 0.3) is 0 Å². The number of thioether (sulfide) groups is 1. The van der Waals surface area contributed by atoms with Gasteiger partial charge in [-0.1, -0.05) is 34.1 Å². The van der Waals surface area contributed by atoms with Crippen LogP contribution in [0, 0.1) is 11.8 Å². The molecule has 0 heterocycles. The standard InChI is InChI=1S/C21H39N5O6S/c1-6-12(4)17(20(30)25-14(21(31)32)9-10-33-5)26-18(28)13(7-8-15(22)27)24-19(29)16(23)11(2)3/h11-14,16-17H,6-10,23H2,1-5H3,(H2,22,27)(H,24,29)(H,25,30)(H,26,28)(H,31,32). The maximum Gasteiger partial charge on any atom is 0.326 e. The van der Waals surface area contributed by atoms with Gasteiger partial charge in [0, 0.05) is 6.42 Å². The van der Waals surface area contributed by atoms with Gasteiger partial charge in [-0.2, -0.15) is 11.8 Å². The molecule has 0 aliphatic heterocycles. The first kappa shape index (κ1) is 30.7. The first-order chi connectivity index (χ1) is 15.3. The lowest BCUT2D eigenvalue weighted by Crippen LogP contribution is -2.59. The van der Waals surface area contributed by atoms with Gasteiger partial charge in [-0.05, 0) is 36.7 Å². The number of hydrogen-bond acceptors (Lipinski definition) is 7. The van der Waals surface area contributed by atoms with Gasteiger partial charge >= 0.3 is 5.97 Å². The summed E-state index contributed by atoms with van der Waals surface area (Å²) < 4.78 is 0. The Balaban J connectivity index is 5.58. The molecule has 0 saturated carbocycles. The van der Waals surface area contributed by atoms with Crippen LogP contribution in [0.3, 0.4) is 0 Å². The minimum Gasteiger partial charge on any atom is -0.480 e. The van der Waals surface area contributed by atoms with Gasteiger partial charge in [0.15, 0.2) is 0 Å². The molecule has 8 N–H and O–H groups in total. The highest BCUT2D eigenvalue weighted by atomic mass is 32.2. The Kier molecular flexibility index (Phi) is 14.4. The van der Waals surface area contributed by atoms with Crippen molar-refractivity contribution in [3.8, 4) is 0 Å². The van der Waals surface area contributed by atoms with Gasteiger partial charge in [0.2, 0.25) is 23.6 Å². The van der Waals surface area contributed by atoms with Gasteiger partial charge < -0.3 is 32.5 Å². The van der Waals surface area contributed by atoms with Crippen molar-refractivity contribution in [2.75, 3.05) is 12.0 Å². The second kappa shape index (κ2) is 15.5. The molecule has 0 spiro atoms. The molecule has 0 bridgehead atoms. The Hall–Kier alpha value is -2.34. The summed E-state index contributed by atoms with van der Waals surface area (Å²) in [5.41, 5.74) is 11.0. The van der Waals surface area contributed by atoms with Crippen LogP contribution in [-0.2, 0) is 24.0 Å². The van der Waals surface area contributed by atoms with E-state index in [1.165, 1.54) is 11.8 Å². The summed E-state index contributed by atoms with van der Waals surface area (Å²) in [7, 11) is 0. The lowest BCUT2D eigenvalue weighted by atomic mass is 9.96. The molecular weight excluding hydrogens is 450 g/mol. The first-order valence-electron chi connectivity index (χ1n) is 11.0. The predicted octanol–water partition coefficient (Wildman–Crippen LogP) is -0.427. The number of nitrogens with one attached hydrogen (secondary N) is 3. The van der Waals surface area contributed by atoms with Crippen LogP contribution in [0.15, 0.2) is 0 Å². The molecular formula is C21H39N5O6S. The van der Waals surface area contributed by atoms with Crippen molar-refractivity contribution in [3.05, 3.63) is 0 Å². The van der Waals surface area contributed by atoms with Crippen molar-refractivity contribution in [1.82, 2.24) is 16.0 Å². The Labute approximate surface area is 199 Å². The number of hydrogen-bond donors (Lipinski definition) is 6. The first-order valence-corrected chi connectivity index (χ1v) is 12.4. The van der Waals surface area contributed by atoms with E-state index in [0.29, 0.717) is 12.2 Å². The summed E-state index contributed by atoms with van der Waals surface area (Å²) in [4.78, 5) is 61.0. The summed E-state index contributed by atoms with van der Waals surface area (Å²) in [6.45, 7) is 7.07. The maximum atomic E-state index is 13.0. The molecule has 0 rings (SSSR count). The summed E-state index contributed by atoms with van der Waals surface area (Å²) in [6.07, 6.45) is 2.35. The number of carboxylic acid groups (broad SMARTS) is 1. The van der Waals surface area contributed by atoms with E-state index < -0.39 is 53.8 Å². The second-order valence-electron chi connectivity index (χ2n) is 8.39. The molecule has 0 aromatic rings. The van der Waals surface area contributed by atoms with E-state index in [2.05, 4.69) is 16.0 Å². The third kappa shape index (κ3) is 11.4. The Morgan fingerprint density at radius 3 is 1.94 bits per heavy atom. The fourth-order valence-electron chi connectivity index (χ4n) is 2.84. The number of nitrogens with two attached hydrogens (primary N) is 2. The van der Waals surface area contributed by atoms with Crippen LogP contribution in [-0.4, -0.2) is 70.9 Å². The van der Waals surface area contributed by atoms with E-state index in [1.807, 2.05) is 13.2 Å². The highest BCUT2D eigenvalue weighted by molar-refractivity contribution is 7.98. The molecule has 0 aromatic heterocycles. The molecule has 5 unspecified atom stereocenters. The van der Waals surface area contributed by atoms with Gasteiger partial charge in [0.1, 0.15) is 18.1 Å². The lowest BCUT2D eigenvalue weighted by Gasteiger charge is -2.28. The van der Waals surface area contributed by atoms with E-state index in [0.717, 1.165) is 0 Å². The summed E-state index contributed by atoms with van der Waals surface area (Å²) in [5.74, 6) is -3.67. The molecule has 33 heavy (non-hydrogen) atoms. The quantitative estimate of drug-likeness (QED) is 0.168. The molecule has 5 atom stereocenters. The van der Waals surface area contributed by atoms with Crippen molar-refractivity contribution in [2.45, 2.75) is 77.5 Å². The van der Waals surface area contributed by atoms with Crippen LogP contribution in [0.2, 0.25) is 0 Å². The summed E-state index contributed by atoms with van der Waals surface area (Å²) in [6, 6.07) is -4.13. The average Bonchev–Trinajstić information content (AvgIpc) is 2.75. The number of primary amides is 1. The van der Waals surface area contributed by atoms with Crippen molar-refractivity contribution >= 4 is 41.4 Å². The fraction of sp³-hybridized carbons (Fsp3) is 0.762. The highest BCUT2D eigenvalue weighted by Gasteiger charge is 2.33. The Morgan fingerprint density at radius 1 is 0.909 bits per heavy atom. The molecule has 4 amide bonds. The van der Waals surface area contributed by atoms with Gasteiger partial charge in [-0.15, -0.1) is 0 Å².